The van der Waals surface area contributed by atoms with E-state index in [0.29, 0.717) is 17.1 Å². The standard InChI is InChI=1S/C13H15ClFN3/c1-2-5-18-8-17-13(12(18)7-16)10-4-3-9(15)6-11(10)14/h3-4,6,8H,2,5,7,16H2,1H3. The second-order valence-electron chi connectivity index (χ2n) is 4.06. The second-order valence-corrected chi connectivity index (χ2v) is 4.47. The van der Waals surface area contributed by atoms with Crippen LogP contribution in [0.1, 0.15) is 19.0 Å². The van der Waals surface area contributed by atoms with E-state index in [4.69, 9.17) is 17.3 Å². The molecule has 0 bridgehead atoms. The predicted molar refractivity (Wildman–Crippen MR) is 70.8 cm³/mol. The van der Waals surface area contributed by atoms with Crippen LogP contribution in [-0.4, -0.2) is 9.55 Å². The molecule has 0 saturated carbocycles. The molecule has 1 aromatic heterocycles. The van der Waals surface area contributed by atoms with E-state index in [9.17, 15) is 4.39 Å². The lowest BCUT2D eigenvalue weighted by Gasteiger charge is -2.08. The van der Waals surface area contributed by atoms with Gasteiger partial charge in [-0.3, -0.25) is 0 Å². The second kappa shape index (κ2) is 5.50. The highest BCUT2D eigenvalue weighted by Gasteiger charge is 2.14. The Kier molecular flexibility index (Phi) is 3.99. The fraction of sp³-hybridized carbons (Fsp3) is 0.308. The van der Waals surface area contributed by atoms with Crippen molar-refractivity contribution in [2.75, 3.05) is 0 Å². The van der Waals surface area contributed by atoms with E-state index in [2.05, 4.69) is 11.9 Å². The Morgan fingerprint density at radius 1 is 1.44 bits per heavy atom. The third-order valence-electron chi connectivity index (χ3n) is 2.79. The molecule has 3 nitrogen and oxygen atoms in total. The lowest BCUT2D eigenvalue weighted by atomic mass is 10.1. The van der Waals surface area contributed by atoms with Crippen LogP contribution >= 0.6 is 11.6 Å². The Bertz CT molecular complexity index is 551. The maximum Gasteiger partial charge on any atom is 0.124 e. The monoisotopic (exact) mass is 267 g/mol. The topological polar surface area (TPSA) is 43.8 Å². The van der Waals surface area contributed by atoms with Crippen molar-refractivity contribution in [2.24, 2.45) is 5.73 Å². The van der Waals surface area contributed by atoms with Crippen LogP contribution in [0.5, 0.6) is 0 Å². The Labute approximate surface area is 110 Å². The molecule has 0 atom stereocenters. The van der Waals surface area contributed by atoms with E-state index in [1.807, 2.05) is 4.57 Å². The van der Waals surface area contributed by atoms with E-state index >= 15 is 0 Å². The minimum absolute atomic E-state index is 0.353. The van der Waals surface area contributed by atoms with E-state index in [1.54, 1.807) is 12.4 Å². The van der Waals surface area contributed by atoms with Gasteiger partial charge < -0.3 is 10.3 Å². The maximum absolute atomic E-state index is 13.0. The van der Waals surface area contributed by atoms with Crippen molar-refractivity contribution in [3.05, 3.63) is 41.1 Å². The van der Waals surface area contributed by atoms with Crippen LogP contribution in [0.4, 0.5) is 4.39 Å². The largest absolute Gasteiger partial charge is 0.333 e. The molecule has 2 N–H and O–H groups in total. The summed E-state index contributed by atoms with van der Waals surface area (Å²) in [6.45, 7) is 3.33. The molecule has 18 heavy (non-hydrogen) atoms. The Balaban J connectivity index is 2.50. The van der Waals surface area contributed by atoms with Gasteiger partial charge in [-0.05, 0) is 24.6 Å². The van der Waals surface area contributed by atoms with Gasteiger partial charge in [0.05, 0.1) is 22.7 Å². The SMILES string of the molecule is CCCn1cnc(-c2ccc(F)cc2Cl)c1CN. The van der Waals surface area contributed by atoms with Crippen molar-refractivity contribution in [1.29, 1.82) is 0 Å². The fourth-order valence-corrected chi connectivity index (χ4v) is 2.22. The Hall–Kier alpha value is -1.39. The third kappa shape index (κ3) is 2.40. The zero-order chi connectivity index (χ0) is 13.1. The lowest BCUT2D eigenvalue weighted by molar-refractivity contribution is 0.628. The molecular formula is C13H15ClFN3. The summed E-state index contributed by atoms with van der Waals surface area (Å²) in [7, 11) is 0. The summed E-state index contributed by atoms with van der Waals surface area (Å²) < 4.78 is 15.0. The first-order chi connectivity index (χ1) is 8.67. The smallest absolute Gasteiger partial charge is 0.124 e. The number of hydrogen-bond acceptors (Lipinski definition) is 2. The molecule has 0 radical (unpaired) electrons. The van der Waals surface area contributed by atoms with E-state index in [0.717, 1.165) is 24.4 Å². The molecule has 0 aliphatic carbocycles. The molecule has 1 heterocycles. The number of aryl methyl sites for hydroxylation is 1. The van der Waals surface area contributed by atoms with Crippen LogP contribution in [0.15, 0.2) is 24.5 Å². The summed E-state index contributed by atoms with van der Waals surface area (Å²) in [6, 6.07) is 4.30. The van der Waals surface area contributed by atoms with Crippen LogP contribution in [-0.2, 0) is 13.1 Å². The summed E-state index contributed by atoms with van der Waals surface area (Å²) in [5.74, 6) is -0.356. The average Bonchev–Trinajstić information content (AvgIpc) is 2.72. The molecule has 0 fully saturated rings. The molecule has 96 valence electrons. The number of hydrogen-bond donors (Lipinski definition) is 1. The molecule has 5 heteroatoms. The van der Waals surface area contributed by atoms with Gasteiger partial charge in [0.25, 0.3) is 0 Å². The minimum Gasteiger partial charge on any atom is -0.333 e. The van der Waals surface area contributed by atoms with E-state index < -0.39 is 0 Å². The highest BCUT2D eigenvalue weighted by molar-refractivity contribution is 6.33. The normalized spacial score (nSPS) is 10.9. The minimum atomic E-state index is -0.356. The molecule has 1 aromatic carbocycles. The lowest BCUT2D eigenvalue weighted by Crippen LogP contribution is -2.07. The average molecular weight is 268 g/mol. The number of aromatic nitrogens is 2. The molecule has 2 rings (SSSR count). The van der Waals surface area contributed by atoms with E-state index in [-0.39, 0.29) is 5.82 Å². The summed E-state index contributed by atoms with van der Waals surface area (Å²) in [6.07, 6.45) is 2.75. The summed E-state index contributed by atoms with van der Waals surface area (Å²) in [5, 5.41) is 0.353. The quantitative estimate of drug-likeness (QED) is 0.924. The van der Waals surface area contributed by atoms with Crippen molar-refractivity contribution in [3.8, 4) is 11.3 Å². The first kappa shape index (κ1) is 13.1. The van der Waals surface area contributed by atoms with Crippen LogP contribution in [0.3, 0.4) is 0 Å². The molecule has 0 spiro atoms. The molecule has 0 unspecified atom stereocenters. The van der Waals surface area contributed by atoms with Gasteiger partial charge in [0, 0.05) is 18.7 Å². The first-order valence-electron chi connectivity index (χ1n) is 5.86. The van der Waals surface area contributed by atoms with Crippen LogP contribution in [0, 0.1) is 5.82 Å². The number of nitrogens with two attached hydrogens (primary N) is 1. The highest BCUT2D eigenvalue weighted by atomic mass is 35.5. The highest BCUT2D eigenvalue weighted by Crippen LogP contribution is 2.29. The number of benzene rings is 1. The zero-order valence-corrected chi connectivity index (χ0v) is 10.9. The first-order valence-corrected chi connectivity index (χ1v) is 6.24. The van der Waals surface area contributed by atoms with Gasteiger partial charge in [0.15, 0.2) is 0 Å². The van der Waals surface area contributed by atoms with Gasteiger partial charge in [0.1, 0.15) is 5.82 Å². The molecule has 0 saturated heterocycles. The van der Waals surface area contributed by atoms with Crippen molar-refractivity contribution < 1.29 is 4.39 Å². The third-order valence-corrected chi connectivity index (χ3v) is 3.10. The van der Waals surface area contributed by atoms with Crippen LogP contribution in [0.25, 0.3) is 11.3 Å². The predicted octanol–water partition coefficient (Wildman–Crippen LogP) is 3.21. The van der Waals surface area contributed by atoms with Crippen LogP contribution < -0.4 is 5.73 Å². The summed E-state index contributed by atoms with van der Waals surface area (Å²) in [4.78, 5) is 4.34. The molecule has 0 aliphatic heterocycles. The van der Waals surface area contributed by atoms with Gasteiger partial charge >= 0.3 is 0 Å². The number of rotatable bonds is 4. The Morgan fingerprint density at radius 3 is 2.83 bits per heavy atom. The van der Waals surface area contributed by atoms with Crippen LogP contribution in [0.2, 0.25) is 5.02 Å². The van der Waals surface area contributed by atoms with Gasteiger partial charge in [-0.1, -0.05) is 18.5 Å². The molecule has 0 amide bonds. The fourth-order valence-electron chi connectivity index (χ4n) is 1.96. The maximum atomic E-state index is 13.0. The molecular weight excluding hydrogens is 253 g/mol. The summed E-state index contributed by atoms with van der Waals surface area (Å²) >= 11 is 6.05. The molecule has 2 aromatic rings. The zero-order valence-electron chi connectivity index (χ0n) is 10.2. The Morgan fingerprint density at radius 2 is 2.22 bits per heavy atom. The van der Waals surface area contributed by atoms with Crippen molar-refractivity contribution in [2.45, 2.75) is 26.4 Å². The number of halogens is 2. The van der Waals surface area contributed by atoms with Gasteiger partial charge in [-0.15, -0.1) is 0 Å². The summed E-state index contributed by atoms with van der Waals surface area (Å²) in [5.41, 5.74) is 8.14. The van der Waals surface area contributed by atoms with Crippen molar-refractivity contribution >= 4 is 11.6 Å². The number of nitrogens with zero attached hydrogens (tertiary/aromatic N) is 2. The van der Waals surface area contributed by atoms with Gasteiger partial charge in [0.2, 0.25) is 0 Å². The van der Waals surface area contributed by atoms with Crippen molar-refractivity contribution in [3.63, 3.8) is 0 Å². The van der Waals surface area contributed by atoms with Gasteiger partial charge in [-0.2, -0.15) is 0 Å². The number of imidazole rings is 1. The molecule has 0 aliphatic rings. The van der Waals surface area contributed by atoms with Gasteiger partial charge in [-0.25, -0.2) is 9.37 Å². The van der Waals surface area contributed by atoms with Crippen molar-refractivity contribution in [1.82, 2.24) is 9.55 Å². The van der Waals surface area contributed by atoms with E-state index in [1.165, 1.54) is 12.1 Å².